The summed E-state index contributed by atoms with van der Waals surface area (Å²) in [4.78, 5) is 46.3. The molecule has 0 spiro atoms. The second kappa shape index (κ2) is 6.71. The molecule has 1 N–H and O–H groups in total. The summed E-state index contributed by atoms with van der Waals surface area (Å²) in [5, 5.41) is 3.33. The van der Waals surface area contributed by atoms with Gasteiger partial charge in [-0.2, -0.15) is 0 Å². The molecule has 0 saturated carbocycles. The van der Waals surface area contributed by atoms with Gasteiger partial charge < -0.3 is 9.88 Å². The van der Waals surface area contributed by atoms with Crippen LogP contribution in [0.15, 0.2) is 40.2 Å². The zero-order valence-corrected chi connectivity index (χ0v) is 16.4. The minimum Gasteiger partial charge on any atom is -0.312 e. The third-order valence-corrected chi connectivity index (χ3v) is 5.67. The van der Waals surface area contributed by atoms with Crippen LogP contribution in [0.5, 0.6) is 0 Å². The van der Waals surface area contributed by atoms with Crippen LogP contribution in [-0.4, -0.2) is 29.6 Å². The third kappa shape index (κ3) is 2.73. The van der Waals surface area contributed by atoms with Crippen LogP contribution in [0.2, 0.25) is 0 Å². The van der Waals surface area contributed by atoms with E-state index in [4.69, 9.17) is 0 Å². The Bertz CT molecular complexity index is 1300. The highest BCUT2D eigenvalue weighted by Gasteiger charge is 2.24. The largest absolute Gasteiger partial charge is 0.332 e. The normalized spacial score (nSPS) is 12.5. The van der Waals surface area contributed by atoms with Crippen molar-refractivity contribution in [2.24, 2.45) is 14.1 Å². The average Bonchev–Trinajstić information content (AvgIpc) is 3.29. The van der Waals surface area contributed by atoms with Gasteiger partial charge in [0.2, 0.25) is 5.91 Å². The molecule has 0 fully saturated rings. The van der Waals surface area contributed by atoms with Gasteiger partial charge in [0.15, 0.2) is 16.3 Å². The quantitative estimate of drug-likeness (QED) is 0.563. The lowest BCUT2D eigenvalue weighted by Gasteiger charge is -2.16. The van der Waals surface area contributed by atoms with E-state index in [0.29, 0.717) is 11.6 Å². The van der Waals surface area contributed by atoms with Gasteiger partial charge in [0.25, 0.3) is 5.56 Å². The monoisotopic (exact) mass is 398 g/mol. The van der Waals surface area contributed by atoms with Gasteiger partial charge in [-0.1, -0.05) is 30.4 Å². The number of aryl methyl sites for hydroxylation is 1. The summed E-state index contributed by atoms with van der Waals surface area (Å²) in [6.45, 7) is 1.85. The molecule has 0 aliphatic carbocycles. The molecular formula is C18H18N6O3S. The van der Waals surface area contributed by atoms with Crippen molar-refractivity contribution < 1.29 is 4.79 Å². The van der Waals surface area contributed by atoms with Crippen LogP contribution >= 0.6 is 11.3 Å². The van der Waals surface area contributed by atoms with Crippen molar-refractivity contribution in [2.75, 3.05) is 5.32 Å². The number of anilines is 1. The highest BCUT2D eigenvalue weighted by Crippen LogP contribution is 2.27. The fourth-order valence-corrected chi connectivity index (χ4v) is 4.09. The lowest BCUT2D eigenvalue weighted by atomic mass is 10.2. The summed E-state index contributed by atoms with van der Waals surface area (Å²) >= 11 is 1.39. The summed E-state index contributed by atoms with van der Waals surface area (Å²) < 4.78 is 4.81. The number of thiazole rings is 1. The molecule has 9 nitrogen and oxygen atoms in total. The molecule has 144 valence electrons. The molecule has 1 unspecified atom stereocenters. The summed E-state index contributed by atoms with van der Waals surface area (Å²) in [6, 6.07) is 6.96. The zero-order chi connectivity index (χ0) is 20.0. The van der Waals surface area contributed by atoms with E-state index < -0.39 is 17.3 Å². The van der Waals surface area contributed by atoms with E-state index in [2.05, 4.69) is 15.3 Å². The maximum Gasteiger partial charge on any atom is 0.332 e. The number of nitrogens with one attached hydrogen (secondary N) is 1. The minimum atomic E-state index is -0.665. The number of hydrogen-bond donors (Lipinski definition) is 1. The van der Waals surface area contributed by atoms with Gasteiger partial charge in [0.1, 0.15) is 6.04 Å². The van der Waals surface area contributed by atoms with Crippen molar-refractivity contribution in [1.82, 2.24) is 23.7 Å². The van der Waals surface area contributed by atoms with Gasteiger partial charge >= 0.3 is 5.69 Å². The molecule has 0 bridgehead atoms. The van der Waals surface area contributed by atoms with Gasteiger partial charge in [-0.25, -0.2) is 14.8 Å². The smallest absolute Gasteiger partial charge is 0.312 e. The van der Waals surface area contributed by atoms with Gasteiger partial charge in [-0.05, 0) is 18.6 Å². The number of benzene rings is 1. The number of carbonyl (C=O) groups excluding carboxylic acids is 1. The minimum absolute atomic E-state index is 0.218. The standard InChI is InChI=1S/C18H18N6O3S/c1-4-11(15(25)21-17-20-10-7-5-6-8-12(10)28-17)24-9-19-14-13(24)16(26)23(3)18(27)22(14)2/h5-9,11H,4H2,1-3H3,(H,20,21,25). The maximum atomic E-state index is 12.9. The Labute approximate surface area is 162 Å². The molecule has 0 radical (unpaired) electrons. The first kappa shape index (κ1) is 18.1. The first-order valence-corrected chi connectivity index (χ1v) is 9.53. The van der Waals surface area contributed by atoms with Gasteiger partial charge in [0.05, 0.1) is 16.5 Å². The first-order chi connectivity index (χ1) is 13.4. The Kier molecular flexibility index (Phi) is 4.34. The van der Waals surface area contributed by atoms with Gasteiger partial charge in [0, 0.05) is 14.1 Å². The fraction of sp³-hybridized carbons (Fsp3) is 0.278. The van der Waals surface area contributed by atoms with E-state index in [-0.39, 0.29) is 17.1 Å². The van der Waals surface area contributed by atoms with E-state index in [9.17, 15) is 14.4 Å². The van der Waals surface area contributed by atoms with Crippen LogP contribution in [0.4, 0.5) is 5.13 Å². The van der Waals surface area contributed by atoms with Gasteiger partial charge in [-0.3, -0.25) is 18.7 Å². The fourth-order valence-electron chi connectivity index (χ4n) is 3.22. The second-order valence-electron chi connectivity index (χ2n) is 6.43. The van der Waals surface area contributed by atoms with Crippen molar-refractivity contribution in [3.63, 3.8) is 0 Å². The Morgan fingerprint density at radius 2 is 1.96 bits per heavy atom. The van der Waals surface area contributed by atoms with Crippen molar-refractivity contribution in [1.29, 1.82) is 0 Å². The zero-order valence-electron chi connectivity index (χ0n) is 15.5. The maximum absolute atomic E-state index is 12.9. The molecule has 1 atom stereocenters. The van der Waals surface area contributed by atoms with E-state index in [1.807, 2.05) is 31.2 Å². The number of fused-ring (bicyclic) bond motifs is 2. The molecule has 4 rings (SSSR count). The van der Waals surface area contributed by atoms with E-state index >= 15 is 0 Å². The lowest BCUT2D eigenvalue weighted by Crippen LogP contribution is -2.38. The lowest BCUT2D eigenvalue weighted by molar-refractivity contribution is -0.119. The van der Waals surface area contributed by atoms with E-state index in [0.717, 1.165) is 14.8 Å². The van der Waals surface area contributed by atoms with Crippen molar-refractivity contribution in [3.8, 4) is 0 Å². The number of imidazole rings is 1. The second-order valence-corrected chi connectivity index (χ2v) is 7.46. The van der Waals surface area contributed by atoms with Crippen molar-refractivity contribution in [2.45, 2.75) is 19.4 Å². The Hall–Kier alpha value is -3.27. The Morgan fingerprint density at radius 3 is 2.68 bits per heavy atom. The number of aromatic nitrogens is 5. The molecular weight excluding hydrogens is 380 g/mol. The van der Waals surface area contributed by atoms with Gasteiger partial charge in [-0.15, -0.1) is 0 Å². The van der Waals surface area contributed by atoms with Crippen LogP contribution in [-0.2, 0) is 18.9 Å². The number of carbonyl (C=O) groups is 1. The van der Waals surface area contributed by atoms with Crippen LogP contribution in [0.3, 0.4) is 0 Å². The Morgan fingerprint density at radius 1 is 1.21 bits per heavy atom. The van der Waals surface area contributed by atoms with Crippen LogP contribution < -0.4 is 16.6 Å². The highest BCUT2D eigenvalue weighted by atomic mass is 32.1. The number of para-hydroxylation sites is 1. The van der Waals surface area contributed by atoms with Crippen molar-refractivity contribution >= 4 is 43.8 Å². The van der Waals surface area contributed by atoms with E-state index in [1.54, 1.807) is 7.05 Å². The molecule has 4 aromatic rings. The molecule has 1 aromatic carbocycles. The number of nitrogens with zero attached hydrogens (tertiary/aromatic N) is 5. The average molecular weight is 398 g/mol. The summed E-state index contributed by atoms with van der Waals surface area (Å²) in [5.74, 6) is -0.295. The van der Waals surface area contributed by atoms with Crippen molar-refractivity contribution in [3.05, 3.63) is 51.4 Å². The van der Waals surface area contributed by atoms with Crippen LogP contribution in [0.1, 0.15) is 19.4 Å². The molecule has 0 aliphatic heterocycles. The molecule has 28 heavy (non-hydrogen) atoms. The third-order valence-electron chi connectivity index (χ3n) is 4.72. The molecule has 0 aliphatic rings. The van der Waals surface area contributed by atoms with Crippen LogP contribution in [0.25, 0.3) is 21.4 Å². The molecule has 3 heterocycles. The Balaban J connectivity index is 1.75. The number of hydrogen-bond acceptors (Lipinski definition) is 6. The number of amides is 1. The molecule has 3 aromatic heterocycles. The molecule has 1 amide bonds. The predicted molar refractivity (Wildman–Crippen MR) is 108 cm³/mol. The summed E-state index contributed by atoms with van der Waals surface area (Å²) in [6.07, 6.45) is 1.87. The SMILES string of the molecule is CCC(C(=O)Nc1nc2ccccc2s1)n1cnc2c1c(=O)n(C)c(=O)n2C. The number of rotatable bonds is 4. The molecule has 10 heteroatoms. The first-order valence-electron chi connectivity index (χ1n) is 8.71. The molecule has 0 saturated heterocycles. The topological polar surface area (TPSA) is 104 Å². The summed E-state index contributed by atoms with van der Waals surface area (Å²) in [5.41, 5.74) is 0.333. The van der Waals surface area contributed by atoms with E-state index in [1.165, 1.54) is 33.8 Å². The summed E-state index contributed by atoms with van der Waals surface area (Å²) in [7, 11) is 2.95. The van der Waals surface area contributed by atoms with Crippen LogP contribution in [0, 0.1) is 0 Å². The highest BCUT2D eigenvalue weighted by molar-refractivity contribution is 7.22. The predicted octanol–water partition coefficient (Wildman–Crippen LogP) is 1.63.